The summed E-state index contributed by atoms with van der Waals surface area (Å²) in [6, 6.07) is -0.405. The summed E-state index contributed by atoms with van der Waals surface area (Å²) in [5, 5.41) is 11.7. The summed E-state index contributed by atoms with van der Waals surface area (Å²) in [6.07, 6.45) is 0. The maximum Gasteiger partial charge on any atom is 0.253 e. The van der Waals surface area contributed by atoms with E-state index in [0.717, 1.165) is 11.3 Å². The van der Waals surface area contributed by atoms with E-state index in [9.17, 15) is 9.59 Å². The van der Waals surface area contributed by atoms with Gasteiger partial charge in [-0.3, -0.25) is 14.5 Å². The molecule has 5 nitrogen and oxygen atoms in total. The second kappa shape index (κ2) is 5.82. The van der Waals surface area contributed by atoms with Crippen LogP contribution in [-0.2, 0) is 42.3 Å². The molecule has 0 spiro atoms. The Hall–Kier alpha value is 0.0939. The van der Waals surface area contributed by atoms with Crippen LogP contribution in [0.2, 0.25) is 0 Å². The molecule has 0 bridgehead atoms. The predicted octanol–water partition coefficient (Wildman–Crippen LogP) is -0.330. The Labute approximate surface area is 129 Å². The third kappa shape index (κ3) is 2.60. The van der Waals surface area contributed by atoms with Crippen LogP contribution in [0, 0.1) is 0 Å². The molecule has 2 heterocycles. The van der Waals surface area contributed by atoms with Crippen LogP contribution < -0.4 is 5.32 Å². The van der Waals surface area contributed by atoms with Crippen LogP contribution in [0.15, 0.2) is 11.3 Å². The van der Waals surface area contributed by atoms with E-state index in [1.165, 1.54) is 6.92 Å². The number of amides is 2. The van der Waals surface area contributed by atoms with Crippen molar-refractivity contribution in [1.29, 1.82) is 0 Å². The molecule has 2 aliphatic heterocycles. The summed E-state index contributed by atoms with van der Waals surface area (Å²) in [5.41, 5.74) is 1.72. The van der Waals surface area contributed by atoms with Crippen molar-refractivity contribution in [1.82, 2.24) is 10.2 Å². The fourth-order valence-corrected chi connectivity index (χ4v) is 3.42. The number of aliphatic hydroxyl groups is 1. The molecule has 0 saturated carbocycles. The van der Waals surface area contributed by atoms with Crippen molar-refractivity contribution in [3.63, 3.8) is 0 Å². The first kappa shape index (κ1) is 15.2. The molecule has 0 aromatic rings. The summed E-state index contributed by atoms with van der Waals surface area (Å²) >= 11 is 1.58. The van der Waals surface area contributed by atoms with Gasteiger partial charge in [0.1, 0.15) is 11.4 Å². The Morgan fingerprint density at radius 1 is 1.65 bits per heavy atom. The van der Waals surface area contributed by atoms with Crippen LogP contribution in [-0.4, -0.2) is 45.6 Å². The van der Waals surface area contributed by atoms with Crippen molar-refractivity contribution < 1.29 is 47.4 Å². The van der Waals surface area contributed by atoms with Gasteiger partial charge in [-0.1, -0.05) is 0 Å². The first-order valence-electron chi connectivity index (χ1n) is 5.07. The molecule has 7 heteroatoms. The second-order valence-corrected chi connectivity index (χ2v) is 5.04. The van der Waals surface area contributed by atoms with Gasteiger partial charge in [0, 0.05) is 51.1 Å². The molecular formula is C10H14N2O3SY. The second-order valence-electron chi connectivity index (χ2n) is 3.94. The fourth-order valence-electron chi connectivity index (χ4n) is 1.96. The summed E-state index contributed by atoms with van der Waals surface area (Å²) in [4.78, 5) is 24.4. The molecule has 2 aliphatic rings. The Kier molecular flexibility index (Phi) is 5.19. The van der Waals surface area contributed by atoms with Crippen LogP contribution in [0.25, 0.3) is 0 Å². The molecular weight excluding hydrogens is 317 g/mol. The van der Waals surface area contributed by atoms with Gasteiger partial charge in [-0.15, -0.1) is 11.8 Å². The number of carbonyl (C=O) groups excluding carboxylic acids is 2. The normalized spacial score (nSPS) is 27.0. The van der Waals surface area contributed by atoms with E-state index < -0.39 is 6.04 Å². The van der Waals surface area contributed by atoms with Crippen LogP contribution >= 0.6 is 11.8 Å². The van der Waals surface area contributed by atoms with E-state index in [0.29, 0.717) is 5.75 Å². The molecule has 2 rings (SSSR count). The average molecular weight is 331 g/mol. The topological polar surface area (TPSA) is 69.6 Å². The molecule has 1 saturated heterocycles. The molecule has 2 amide bonds. The maximum atomic E-state index is 11.8. The molecule has 17 heavy (non-hydrogen) atoms. The van der Waals surface area contributed by atoms with Crippen molar-refractivity contribution in [2.45, 2.75) is 25.3 Å². The van der Waals surface area contributed by atoms with Gasteiger partial charge in [0.25, 0.3) is 5.91 Å². The summed E-state index contributed by atoms with van der Waals surface area (Å²) in [7, 11) is 0. The van der Waals surface area contributed by atoms with Gasteiger partial charge in [-0.05, 0) is 12.5 Å². The first-order valence-corrected chi connectivity index (χ1v) is 6.12. The van der Waals surface area contributed by atoms with Crippen molar-refractivity contribution in [3.05, 3.63) is 11.3 Å². The summed E-state index contributed by atoms with van der Waals surface area (Å²) < 4.78 is 0. The van der Waals surface area contributed by atoms with E-state index >= 15 is 0 Å². The third-order valence-corrected chi connectivity index (χ3v) is 4.23. The fraction of sp³-hybridized carbons (Fsp3) is 0.600. The smallest absolute Gasteiger partial charge is 0.253 e. The van der Waals surface area contributed by atoms with Gasteiger partial charge in [0.15, 0.2) is 0 Å². The van der Waals surface area contributed by atoms with E-state index in [1.807, 2.05) is 6.92 Å². The number of fused-ring (bicyclic) bond motifs is 1. The molecule has 0 aromatic heterocycles. The molecule has 0 aromatic carbocycles. The standard InChI is InChI=1S/C10H14N2O3S.Y/c1-5-7(3-13)4-16-10-8(11-6(2)14)9(15)12(5)10;/h8,10,13H,3-4H2,1-2H3,(H,11,14);. The average Bonchev–Trinajstić information content (AvgIpc) is 2.25. The zero-order valence-electron chi connectivity index (χ0n) is 9.77. The van der Waals surface area contributed by atoms with Crippen molar-refractivity contribution in [2.24, 2.45) is 0 Å². The zero-order valence-corrected chi connectivity index (χ0v) is 13.4. The Morgan fingerprint density at radius 2 is 2.29 bits per heavy atom. The maximum absolute atomic E-state index is 11.8. The molecule has 2 atom stereocenters. The SMILES string of the molecule is CC(=O)NC1C(=O)N2C(C)=C(CO)CSC12.[Y]. The van der Waals surface area contributed by atoms with Gasteiger partial charge < -0.3 is 10.4 Å². The minimum Gasteiger partial charge on any atom is -0.392 e. The largest absolute Gasteiger partial charge is 0.392 e. The molecule has 0 aliphatic carbocycles. The monoisotopic (exact) mass is 331 g/mol. The molecule has 2 N–H and O–H groups in total. The van der Waals surface area contributed by atoms with E-state index in [4.69, 9.17) is 5.11 Å². The molecule has 1 fully saturated rings. The van der Waals surface area contributed by atoms with E-state index in [2.05, 4.69) is 5.32 Å². The van der Waals surface area contributed by atoms with Crippen LogP contribution in [0.4, 0.5) is 0 Å². The number of aliphatic hydroxyl groups excluding tert-OH is 1. The minimum absolute atomic E-state index is 0. The van der Waals surface area contributed by atoms with Gasteiger partial charge >= 0.3 is 0 Å². The number of rotatable bonds is 2. The first-order chi connectivity index (χ1) is 7.56. The molecule has 2 unspecified atom stereocenters. The van der Waals surface area contributed by atoms with Crippen LogP contribution in [0.5, 0.6) is 0 Å². The third-order valence-electron chi connectivity index (χ3n) is 2.89. The summed E-state index contributed by atoms with van der Waals surface area (Å²) in [5.74, 6) is 0.441. The number of nitrogens with one attached hydrogen (secondary N) is 1. The number of carbonyl (C=O) groups is 2. The van der Waals surface area contributed by atoms with E-state index in [-0.39, 0.29) is 56.5 Å². The van der Waals surface area contributed by atoms with Crippen molar-refractivity contribution in [2.75, 3.05) is 12.4 Å². The van der Waals surface area contributed by atoms with Gasteiger partial charge in [-0.2, -0.15) is 0 Å². The van der Waals surface area contributed by atoms with E-state index in [1.54, 1.807) is 16.7 Å². The van der Waals surface area contributed by atoms with Crippen molar-refractivity contribution in [3.8, 4) is 0 Å². The van der Waals surface area contributed by atoms with Gasteiger partial charge in [0.2, 0.25) is 5.91 Å². The molecule has 91 valence electrons. The predicted molar refractivity (Wildman–Crippen MR) is 60.5 cm³/mol. The Balaban J connectivity index is 0.00000144. The number of β-lactam (4-membered cyclic amide) rings is 1. The van der Waals surface area contributed by atoms with Crippen LogP contribution in [0.1, 0.15) is 13.8 Å². The summed E-state index contributed by atoms with van der Waals surface area (Å²) in [6.45, 7) is 3.23. The Bertz CT molecular complexity index is 386. The number of nitrogens with zero attached hydrogens (tertiary/aromatic N) is 1. The quantitative estimate of drug-likeness (QED) is 0.680. The number of hydrogen-bond acceptors (Lipinski definition) is 4. The van der Waals surface area contributed by atoms with Crippen molar-refractivity contribution >= 4 is 23.6 Å². The molecule has 1 radical (unpaired) electrons. The van der Waals surface area contributed by atoms with Gasteiger partial charge in [-0.25, -0.2) is 0 Å². The number of allylic oxidation sites excluding steroid dienone is 1. The minimum atomic E-state index is -0.405. The zero-order chi connectivity index (χ0) is 11.9. The Morgan fingerprint density at radius 3 is 2.82 bits per heavy atom. The number of hydrogen-bond donors (Lipinski definition) is 2. The number of thioether (sulfide) groups is 1. The van der Waals surface area contributed by atoms with Crippen LogP contribution in [0.3, 0.4) is 0 Å². The van der Waals surface area contributed by atoms with Gasteiger partial charge in [0.05, 0.1) is 6.61 Å².